The van der Waals surface area contributed by atoms with Gasteiger partial charge in [-0.1, -0.05) is 57.6 Å². The van der Waals surface area contributed by atoms with Crippen LogP contribution in [0.5, 0.6) is 0 Å². The molecular weight excluding hydrogens is 292 g/mol. The average Bonchev–Trinajstić information content (AvgIpc) is 3.03. The van der Waals surface area contributed by atoms with Gasteiger partial charge in [-0.25, -0.2) is 0 Å². The molecule has 0 heterocycles. The number of unbranched alkanes of at least 4 members (excludes halogenated alkanes) is 6. The largest absolute Gasteiger partial charge is 0.493 e. The molecule has 0 aromatic carbocycles. The Labute approximate surface area is 137 Å². The van der Waals surface area contributed by atoms with Gasteiger partial charge in [-0.15, -0.1) is 0 Å². The van der Waals surface area contributed by atoms with Crippen LogP contribution in [0.1, 0.15) is 58.8 Å². The molecule has 0 fully saturated rings. The van der Waals surface area contributed by atoms with Crippen molar-refractivity contribution in [2.75, 3.05) is 6.61 Å². The Kier molecular flexibility index (Phi) is 5.80. The van der Waals surface area contributed by atoms with Crippen LogP contribution in [0.4, 0.5) is 0 Å². The third-order valence-corrected chi connectivity index (χ3v) is 4.67. The Bertz CT molecular complexity index is 552. The molecule has 2 aliphatic carbocycles. The van der Waals surface area contributed by atoms with E-state index in [1.807, 2.05) is 0 Å². The van der Waals surface area contributed by atoms with Gasteiger partial charge >= 0.3 is 5.97 Å². The number of Topliss-reactive ketones (excluding diaryl/α,β-unsaturated/α-hetero) is 1. The summed E-state index contributed by atoms with van der Waals surface area (Å²) in [4.78, 5) is 23.6. The van der Waals surface area contributed by atoms with Gasteiger partial charge in [0, 0.05) is 5.57 Å². The zero-order valence-corrected chi connectivity index (χ0v) is 14.1. The molecule has 1 atom stereocenters. The monoisotopic (exact) mass is 318 g/mol. The minimum atomic E-state index is -1.53. The van der Waals surface area contributed by atoms with Crippen LogP contribution < -0.4 is 0 Å². The van der Waals surface area contributed by atoms with Crippen LogP contribution in [0.3, 0.4) is 0 Å². The second-order valence-electron chi connectivity index (χ2n) is 6.29. The number of fused-ring (bicyclic) bond motifs is 2. The number of hydrogen-bond acceptors (Lipinski definition) is 3. The number of carbonyl (C=O) groups is 2. The first kappa shape index (κ1) is 17.5. The summed E-state index contributed by atoms with van der Waals surface area (Å²) in [7, 11) is 0. The van der Waals surface area contributed by atoms with E-state index >= 15 is 0 Å². The number of aliphatic carboxylic acids is 1. The SMILES string of the molecule is CCCCCCCCCOC1=C2C=CC(=C1)C2(C(C)=O)C(=O)O. The summed E-state index contributed by atoms with van der Waals surface area (Å²) in [6.45, 7) is 4.10. The normalized spacial score (nSPS) is 21.7. The number of carbonyl (C=O) groups excluding carboxylic acids is 1. The Balaban J connectivity index is 1.85. The molecule has 4 heteroatoms. The lowest BCUT2D eigenvalue weighted by Gasteiger charge is -2.21. The van der Waals surface area contributed by atoms with Crippen LogP contribution in [0, 0.1) is 5.41 Å². The fraction of sp³-hybridized carbons (Fsp3) is 0.579. The van der Waals surface area contributed by atoms with E-state index in [0.29, 0.717) is 23.5 Å². The standard InChI is InChI=1S/C19H26O4/c1-3-4-5-6-7-8-9-12-23-17-13-15-10-11-16(17)19(15,14(2)20)18(21)22/h10-11,13H,3-9,12H2,1-2H3,(H,21,22). The molecule has 2 aliphatic rings. The molecule has 0 spiro atoms. The molecule has 0 amide bonds. The molecule has 0 aliphatic heterocycles. The van der Waals surface area contributed by atoms with E-state index in [-0.39, 0.29) is 5.78 Å². The van der Waals surface area contributed by atoms with Crippen molar-refractivity contribution >= 4 is 11.8 Å². The van der Waals surface area contributed by atoms with Crippen LogP contribution in [0.25, 0.3) is 0 Å². The van der Waals surface area contributed by atoms with Crippen LogP contribution in [-0.4, -0.2) is 23.5 Å². The Morgan fingerprint density at radius 3 is 2.30 bits per heavy atom. The quantitative estimate of drug-likeness (QED) is 0.458. The fourth-order valence-electron chi connectivity index (χ4n) is 3.36. The van der Waals surface area contributed by atoms with Gasteiger partial charge < -0.3 is 9.84 Å². The molecule has 0 saturated carbocycles. The van der Waals surface area contributed by atoms with Crippen molar-refractivity contribution in [3.63, 3.8) is 0 Å². The first-order valence-electron chi connectivity index (χ1n) is 8.57. The molecule has 0 radical (unpaired) electrons. The summed E-state index contributed by atoms with van der Waals surface area (Å²) in [6.07, 6.45) is 13.5. The van der Waals surface area contributed by atoms with Crippen LogP contribution >= 0.6 is 0 Å². The maximum Gasteiger partial charge on any atom is 0.326 e. The lowest BCUT2D eigenvalue weighted by atomic mass is 9.78. The zero-order valence-electron chi connectivity index (χ0n) is 14.1. The number of allylic oxidation sites excluding steroid dienone is 3. The zero-order chi connectivity index (χ0) is 16.9. The van der Waals surface area contributed by atoms with Crippen molar-refractivity contribution in [3.05, 3.63) is 35.1 Å². The third kappa shape index (κ3) is 3.26. The molecule has 23 heavy (non-hydrogen) atoms. The third-order valence-electron chi connectivity index (χ3n) is 4.67. The predicted molar refractivity (Wildman–Crippen MR) is 88.9 cm³/mol. The number of rotatable bonds is 11. The van der Waals surface area contributed by atoms with E-state index in [2.05, 4.69) is 6.92 Å². The molecule has 1 N–H and O–H groups in total. The summed E-state index contributed by atoms with van der Waals surface area (Å²) in [5.74, 6) is -0.942. The van der Waals surface area contributed by atoms with E-state index in [1.54, 1.807) is 18.2 Å². The molecule has 126 valence electrons. The van der Waals surface area contributed by atoms with Crippen molar-refractivity contribution in [1.29, 1.82) is 0 Å². The highest BCUT2D eigenvalue weighted by molar-refractivity contribution is 6.12. The number of carboxylic acids is 1. The highest BCUT2D eigenvalue weighted by atomic mass is 16.5. The molecule has 0 aromatic rings. The summed E-state index contributed by atoms with van der Waals surface area (Å²) in [6, 6.07) is 0. The van der Waals surface area contributed by atoms with Gasteiger partial charge in [0.2, 0.25) is 0 Å². The first-order chi connectivity index (χ1) is 11.0. The van der Waals surface area contributed by atoms with E-state index in [0.717, 1.165) is 12.8 Å². The average molecular weight is 318 g/mol. The minimum Gasteiger partial charge on any atom is -0.493 e. The fourth-order valence-corrected chi connectivity index (χ4v) is 3.36. The van der Waals surface area contributed by atoms with Gasteiger partial charge in [0.1, 0.15) is 5.76 Å². The lowest BCUT2D eigenvalue weighted by molar-refractivity contribution is -0.148. The second-order valence-corrected chi connectivity index (χ2v) is 6.29. The van der Waals surface area contributed by atoms with E-state index in [4.69, 9.17) is 4.74 Å². The topological polar surface area (TPSA) is 63.6 Å². The van der Waals surface area contributed by atoms with Crippen LogP contribution in [-0.2, 0) is 14.3 Å². The molecule has 0 aromatic heterocycles. The van der Waals surface area contributed by atoms with Gasteiger partial charge in [-0.2, -0.15) is 0 Å². The van der Waals surface area contributed by atoms with Crippen molar-refractivity contribution in [3.8, 4) is 0 Å². The number of hydrogen-bond donors (Lipinski definition) is 1. The van der Waals surface area contributed by atoms with Crippen molar-refractivity contribution in [2.45, 2.75) is 58.8 Å². The molecule has 0 saturated heterocycles. The molecule has 2 bridgehead atoms. The number of carboxylic acid groups (broad SMARTS) is 1. The van der Waals surface area contributed by atoms with Crippen LogP contribution in [0.15, 0.2) is 35.1 Å². The second kappa shape index (κ2) is 7.62. The Morgan fingerprint density at radius 2 is 1.74 bits per heavy atom. The van der Waals surface area contributed by atoms with Crippen molar-refractivity contribution in [1.82, 2.24) is 0 Å². The molecular formula is C19H26O4. The highest BCUT2D eigenvalue weighted by Gasteiger charge is 2.55. The molecule has 1 unspecified atom stereocenters. The summed E-state index contributed by atoms with van der Waals surface area (Å²) in [5.41, 5.74) is -0.535. The van der Waals surface area contributed by atoms with Crippen molar-refractivity contribution in [2.24, 2.45) is 5.41 Å². The lowest BCUT2D eigenvalue weighted by Crippen LogP contribution is -2.37. The summed E-state index contributed by atoms with van der Waals surface area (Å²) >= 11 is 0. The molecule has 4 nitrogen and oxygen atoms in total. The van der Waals surface area contributed by atoms with E-state index in [9.17, 15) is 14.7 Å². The van der Waals surface area contributed by atoms with Gasteiger partial charge in [-0.05, 0) is 25.0 Å². The summed E-state index contributed by atoms with van der Waals surface area (Å²) < 4.78 is 5.76. The maximum absolute atomic E-state index is 12.0. The Morgan fingerprint density at radius 1 is 1.09 bits per heavy atom. The highest BCUT2D eigenvalue weighted by Crippen LogP contribution is 2.50. The van der Waals surface area contributed by atoms with Gasteiger partial charge in [0.05, 0.1) is 6.61 Å². The van der Waals surface area contributed by atoms with Gasteiger partial charge in [0.15, 0.2) is 11.2 Å². The summed E-state index contributed by atoms with van der Waals surface area (Å²) in [5, 5.41) is 9.55. The minimum absolute atomic E-state index is 0.370. The number of ketones is 1. The molecule has 2 rings (SSSR count). The van der Waals surface area contributed by atoms with E-state index < -0.39 is 11.4 Å². The van der Waals surface area contributed by atoms with Gasteiger partial charge in [0.25, 0.3) is 0 Å². The van der Waals surface area contributed by atoms with Crippen LogP contribution in [0.2, 0.25) is 0 Å². The number of ether oxygens (including phenoxy) is 1. The van der Waals surface area contributed by atoms with Crippen molar-refractivity contribution < 1.29 is 19.4 Å². The van der Waals surface area contributed by atoms with E-state index in [1.165, 1.54) is 39.0 Å². The first-order valence-corrected chi connectivity index (χ1v) is 8.57. The smallest absolute Gasteiger partial charge is 0.326 e. The Hall–Kier alpha value is -1.84. The predicted octanol–water partition coefficient (Wildman–Crippen LogP) is 4.18. The maximum atomic E-state index is 12.0. The van der Waals surface area contributed by atoms with Gasteiger partial charge in [-0.3, -0.25) is 9.59 Å².